The van der Waals surface area contributed by atoms with Crippen molar-refractivity contribution in [3.8, 4) is 16.9 Å². The molecule has 3 aromatic rings. The van der Waals surface area contributed by atoms with Crippen LogP contribution in [0.5, 0.6) is 5.75 Å². The number of benzene rings is 2. The van der Waals surface area contributed by atoms with Gasteiger partial charge in [-0.3, -0.25) is 4.79 Å². The average Bonchev–Trinajstić information content (AvgIpc) is 2.74. The van der Waals surface area contributed by atoms with Crippen molar-refractivity contribution in [3.05, 3.63) is 80.0 Å². The van der Waals surface area contributed by atoms with Crippen molar-refractivity contribution in [2.75, 3.05) is 7.11 Å². The number of hydrogen-bond acceptors (Lipinski definition) is 5. The van der Waals surface area contributed by atoms with E-state index in [4.69, 9.17) is 16.3 Å². The van der Waals surface area contributed by atoms with Crippen LogP contribution in [0.15, 0.2) is 41.2 Å². The number of aryl methyl sites for hydroxylation is 4. The zero-order chi connectivity index (χ0) is 22.7. The van der Waals surface area contributed by atoms with Crippen molar-refractivity contribution < 1.29 is 18.7 Å². The van der Waals surface area contributed by atoms with Crippen LogP contribution in [0.2, 0.25) is 5.02 Å². The van der Waals surface area contributed by atoms with E-state index < -0.39 is 17.5 Å². The van der Waals surface area contributed by atoms with Gasteiger partial charge in [0.2, 0.25) is 0 Å². The van der Waals surface area contributed by atoms with E-state index in [9.17, 15) is 9.59 Å². The Hall–Kier alpha value is -3.19. The lowest BCUT2D eigenvalue weighted by Crippen LogP contribution is -2.25. The van der Waals surface area contributed by atoms with E-state index >= 15 is 4.39 Å². The lowest BCUT2D eigenvalue weighted by atomic mass is 9.94. The topological polar surface area (TPSA) is 70.4 Å². The summed E-state index contributed by atoms with van der Waals surface area (Å²) in [4.78, 5) is 24.8. The first-order valence-corrected chi connectivity index (χ1v) is 9.97. The van der Waals surface area contributed by atoms with E-state index in [0.29, 0.717) is 23.4 Å². The Bertz CT molecular complexity index is 1190. The van der Waals surface area contributed by atoms with E-state index in [0.717, 1.165) is 22.9 Å². The van der Waals surface area contributed by atoms with Gasteiger partial charge in [0.25, 0.3) is 5.56 Å². The van der Waals surface area contributed by atoms with Gasteiger partial charge in [0.15, 0.2) is 5.75 Å². The fraction of sp³-hybridized carbons (Fsp3) is 0.261. The molecule has 0 fully saturated rings. The maximum atomic E-state index is 15.1. The molecule has 3 rings (SSSR count). The number of carbonyl (C=O) groups excluding carboxylic acids is 1. The predicted molar refractivity (Wildman–Crippen MR) is 116 cm³/mol. The number of aromatic nitrogens is 2. The first-order chi connectivity index (χ1) is 14.7. The van der Waals surface area contributed by atoms with Gasteiger partial charge in [0.05, 0.1) is 12.7 Å². The highest BCUT2D eigenvalue weighted by atomic mass is 35.5. The average molecular weight is 445 g/mol. The van der Waals surface area contributed by atoms with Crippen LogP contribution >= 0.6 is 11.6 Å². The van der Waals surface area contributed by atoms with E-state index in [2.05, 4.69) is 9.84 Å². The fourth-order valence-electron chi connectivity index (χ4n) is 3.36. The van der Waals surface area contributed by atoms with Crippen LogP contribution in [0.1, 0.15) is 22.4 Å². The molecule has 0 saturated carbocycles. The quantitative estimate of drug-likeness (QED) is 0.529. The summed E-state index contributed by atoms with van der Waals surface area (Å²) >= 11 is 6.44. The Morgan fingerprint density at radius 1 is 1.10 bits per heavy atom. The summed E-state index contributed by atoms with van der Waals surface area (Å²) in [5.74, 6) is -0.812. The first-order valence-electron chi connectivity index (χ1n) is 9.59. The third-order valence-electron chi connectivity index (χ3n) is 4.95. The van der Waals surface area contributed by atoms with Crippen LogP contribution in [-0.2, 0) is 24.6 Å². The molecule has 1 heterocycles. The molecule has 0 aliphatic heterocycles. The van der Waals surface area contributed by atoms with E-state index in [-0.39, 0.29) is 22.6 Å². The second kappa shape index (κ2) is 9.31. The van der Waals surface area contributed by atoms with Crippen LogP contribution in [0.25, 0.3) is 11.1 Å². The van der Waals surface area contributed by atoms with Crippen LogP contribution < -0.4 is 10.3 Å². The molecule has 0 aliphatic carbocycles. The Morgan fingerprint density at radius 2 is 1.77 bits per heavy atom. The summed E-state index contributed by atoms with van der Waals surface area (Å²) in [5.41, 5.74) is 2.09. The molecule has 0 unspecified atom stereocenters. The lowest BCUT2D eigenvalue weighted by molar-refractivity contribution is 0.121. The highest BCUT2D eigenvalue weighted by Crippen LogP contribution is 2.37. The van der Waals surface area contributed by atoms with Gasteiger partial charge in [-0.25, -0.2) is 13.9 Å². The minimum atomic E-state index is -1.04. The number of halogens is 2. The summed E-state index contributed by atoms with van der Waals surface area (Å²) in [6, 6.07) is 10.6. The summed E-state index contributed by atoms with van der Waals surface area (Å²) in [6.07, 6.45) is -0.0892. The molecule has 31 heavy (non-hydrogen) atoms. The van der Waals surface area contributed by atoms with Crippen molar-refractivity contribution in [1.82, 2.24) is 9.78 Å². The Balaban J connectivity index is 2.19. The summed E-state index contributed by atoms with van der Waals surface area (Å²) in [7, 11) is 2.58. The molecule has 1 aromatic heterocycles. The number of carbonyl (C=O) groups is 1. The van der Waals surface area contributed by atoms with Gasteiger partial charge in [-0.15, -0.1) is 0 Å². The van der Waals surface area contributed by atoms with E-state index in [1.165, 1.54) is 19.2 Å². The van der Waals surface area contributed by atoms with Crippen LogP contribution in [0, 0.1) is 19.7 Å². The molecule has 2 aromatic carbocycles. The van der Waals surface area contributed by atoms with Gasteiger partial charge < -0.3 is 9.47 Å². The molecule has 0 saturated heterocycles. The third-order valence-corrected chi connectivity index (χ3v) is 5.31. The number of nitrogens with zero attached hydrogens (tertiary/aromatic N) is 2. The monoisotopic (exact) mass is 444 g/mol. The van der Waals surface area contributed by atoms with Gasteiger partial charge in [0, 0.05) is 17.6 Å². The SMILES string of the molecule is COC(=O)Oc1c(C)nn(C)c(=O)c1-c1c(F)ccc(Cl)c1CCc1ccc(C)cc1. The normalized spacial score (nSPS) is 10.8. The summed E-state index contributed by atoms with van der Waals surface area (Å²) in [5, 5.41) is 4.36. The van der Waals surface area contributed by atoms with Crippen LogP contribution in [0.3, 0.4) is 0 Å². The third kappa shape index (κ3) is 4.77. The van der Waals surface area contributed by atoms with E-state index in [1.807, 2.05) is 31.2 Å². The molecule has 0 aliphatic rings. The van der Waals surface area contributed by atoms with Crippen LogP contribution in [-0.4, -0.2) is 23.0 Å². The number of hydrogen-bond donors (Lipinski definition) is 0. The minimum Gasteiger partial charge on any atom is -0.437 e. The Morgan fingerprint density at radius 3 is 2.42 bits per heavy atom. The predicted octanol–water partition coefficient (Wildman–Crippen LogP) is 4.79. The molecule has 0 spiro atoms. The molecule has 0 amide bonds. The molecule has 162 valence electrons. The molecular weight excluding hydrogens is 423 g/mol. The van der Waals surface area contributed by atoms with Crippen molar-refractivity contribution >= 4 is 17.8 Å². The van der Waals surface area contributed by atoms with Crippen molar-refractivity contribution in [2.24, 2.45) is 7.05 Å². The molecule has 0 N–H and O–H groups in total. The maximum Gasteiger partial charge on any atom is 0.513 e. The number of rotatable bonds is 5. The van der Waals surface area contributed by atoms with Crippen LogP contribution in [0.4, 0.5) is 9.18 Å². The smallest absolute Gasteiger partial charge is 0.437 e. The lowest BCUT2D eigenvalue weighted by Gasteiger charge is -2.17. The van der Waals surface area contributed by atoms with Gasteiger partial charge in [-0.05, 0) is 49.9 Å². The number of ether oxygens (including phenoxy) is 2. The van der Waals surface area contributed by atoms with Crippen molar-refractivity contribution in [3.63, 3.8) is 0 Å². The second-order valence-electron chi connectivity index (χ2n) is 7.14. The van der Waals surface area contributed by atoms with Crippen molar-refractivity contribution in [2.45, 2.75) is 26.7 Å². The minimum absolute atomic E-state index is 0.00962. The molecule has 8 heteroatoms. The molecule has 0 bridgehead atoms. The van der Waals surface area contributed by atoms with Gasteiger partial charge >= 0.3 is 6.16 Å². The van der Waals surface area contributed by atoms with Gasteiger partial charge in [-0.1, -0.05) is 41.4 Å². The summed E-state index contributed by atoms with van der Waals surface area (Å²) in [6.45, 7) is 3.55. The van der Waals surface area contributed by atoms with E-state index in [1.54, 1.807) is 6.92 Å². The largest absolute Gasteiger partial charge is 0.513 e. The Kier molecular flexibility index (Phi) is 6.75. The highest BCUT2D eigenvalue weighted by molar-refractivity contribution is 6.31. The van der Waals surface area contributed by atoms with Gasteiger partial charge in [0.1, 0.15) is 11.5 Å². The Labute approximate surface area is 184 Å². The maximum absolute atomic E-state index is 15.1. The zero-order valence-electron chi connectivity index (χ0n) is 17.7. The second-order valence-corrected chi connectivity index (χ2v) is 7.55. The zero-order valence-corrected chi connectivity index (χ0v) is 18.4. The highest BCUT2D eigenvalue weighted by Gasteiger charge is 2.26. The first kappa shape index (κ1) is 22.5. The molecule has 6 nitrogen and oxygen atoms in total. The number of methoxy groups -OCH3 is 1. The molecule has 0 radical (unpaired) electrons. The standard InChI is InChI=1S/C23H22ClFN2O4/c1-13-5-7-15(8-6-13)9-10-16-17(24)11-12-18(25)19(16)20-21(31-23(29)30-4)14(2)26-27(3)22(20)28/h5-8,11-12H,9-10H2,1-4H3. The van der Waals surface area contributed by atoms with Crippen molar-refractivity contribution in [1.29, 1.82) is 0 Å². The molecule has 0 atom stereocenters. The molecular formula is C23H22ClFN2O4. The summed E-state index contributed by atoms with van der Waals surface area (Å²) < 4.78 is 26.0. The van der Waals surface area contributed by atoms with Gasteiger partial charge in [-0.2, -0.15) is 5.10 Å². The fourth-order valence-corrected chi connectivity index (χ4v) is 3.61.